The van der Waals surface area contributed by atoms with E-state index in [1.165, 1.54) is 16.0 Å². The Morgan fingerprint density at radius 3 is 2.29 bits per heavy atom. The maximum absolute atomic E-state index is 13.7. The first-order chi connectivity index (χ1) is 17.2. The third-order valence-electron chi connectivity index (χ3n) is 7.45. The van der Waals surface area contributed by atoms with Gasteiger partial charge in [0, 0.05) is 29.7 Å². The third-order valence-corrected chi connectivity index (χ3v) is 8.19. The highest BCUT2D eigenvalue weighted by Crippen LogP contribution is 2.36. The van der Waals surface area contributed by atoms with Crippen LogP contribution in [-0.4, -0.2) is 52.1 Å². The van der Waals surface area contributed by atoms with E-state index in [-0.39, 0.29) is 11.9 Å². The molecule has 0 bridgehead atoms. The molecule has 5 heteroatoms. The van der Waals surface area contributed by atoms with Crippen molar-refractivity contribution in [3.05, 3.63) is 95.8 Å². The summed E-state index contributed by atoms with van der Waals surface area (Å²) >= 11 is 1.79. The number of aromatic nitrogens is 1. The zero-order valence-corrected chi connectivity index (χ0v) is 21.4. The highest BCUT2D eigenvalue weighted by Gasteiger charge is 2.42. The Kier molecular flexibility index (Phi) is 7.85. The minimum absolute atomic E-state index is 0.102. The Morgan fingerprint density at radius 2 is 1.66 bits per heavy atom. The van der Waals surface area contributed by atoms with E-state index in [0.29, 0.717) is 17.7 Å². The number of hydrogen-bond acceptors (Lipinski definition) is 4. The molecule has 1 saturated carbocycles. The van der Waals surface area contributed by atoms with Crippen LogP contribution >= 0.6 is 11.8 Å². The van der Waals surface area contributed by atoms with E-state index in [4.69, 9.17) is 0 Å². The predicted molar refractivity (Wildman–Crippen MR) is 144 cm³/mol. The van der Waals surface area contributed by atoms with Crippen LogP contribution in [0.15, 0.2) is 83.9 Å². The zero-order chi connectivity index (χ0) is 24.0. The van der Waals surface area contributed by atoms with Crippen molar-refractivity contribution in [3.63, 3.8) is 0 Å². The van der Waals surface area contributed by atoms with Crippen molar-refractivity contribution in [1.82, 2.24) is 14.8 Å². The summed E-state index contributed by atoms with van der Waals surface area (Å²) in [5, 5.41) is 0. The van der Waals surface area contributed by atoms with Crippen LogP contribution in [-0.2, 0) is 13.0 Å². The summed E-state index contributed by atoms with van der Waals surface area (Å²) in [5.41, 5.74) is 3.27. The van der Waals surface area contributed by atoms with Gasteiger partial charge in [0.05, 0.1) is 0 Å². The topological polar surface area (TPSA) is 36.4 Å². The molecular weight excluding hydrogens is 450 g/mol. The van der Waals surface area contributed by atoms with Crippen LogP contribution in [0.1, 0.15) is 47.3 Å². The number of carbonyl (C=O) groups excluding carboxylic acids is 1. The van der Waals surface area contributed by atoms with Crippen LogP contribution in [0.5, 0.6) is 0 Å². The molecule has 0 spiro atoms. The van der Waals surface area contributed by atoms with Crippen molar-refractivity contribution >= 4 is 17.7 Å². The van der Waals surface area contributed by atoms with E-state index in [2.05, 4.69) is 75.6 Å². The van der Waals surface area contributed by atoms with Crippen LogP contribution in [0.4, 0.5) is 0 Å². The Bertz CT molecular complexity index is 1080. The van der Waals surface area contributed by atoms with Gasteiger partial charge in [0.2, 0.25) is 0 Å². The van der Waals surface area contributed by atoms with Crippen LogP contribution in [0.3, 0.4) is 0 Å². The molecule has 4 nitrogen and oxygen atoms in total. The van der Waals surface area contributed by atoms with Gasteiger partial charge in [-0.2, -0.15) is 0 Å². The number of thioether (sulfide) groups is 1. The fraction of sp³-hybridized carbons (Fsp3) is 0.400. The normalized spacial score (nSPS) is 17.7. The Labute approximate surface area is 213 Å². The molecule has 0 radical (unpaired) electrons. The molecule has 1 amide bonds. The minimum Gasteiger partial charge on any atom is -0.331 e. The third kappa shape index (κ3) is 6.14. The zero-order valence-electron chi connectivity index (χ0n) is 20.6. The highest BCUT2D eigenvalue weighted by molar-refractivity contribution is 7.98. The van der Waals surface area contributed by atoms with E-state index in [0.717, 1.165) is 51.7 Å². The molecule has 2 aromatic carbocycles. The predicted octanol–water partition coefficient (Wildman–Crippen LogP) is 5.93. The van der Waals surface area contributed by atoms with E-state index >= 15 is 0 Å². The summed E-state index contributed by atoms with van der Waals surface area (Å²) < 4.78 is 0. The fourth-order valence-corrected chi connectivity index (χ4v) is 5.80. The standard InChI is InChI=1S/C30H35N3OS/c1-35-27-14-10-24(11-15-27)22-32-19-16-25(17-20-32)29(21-23-7-3-2-4-8-23)33(26-12-13-26)30(34)28-9-5-6-18-31-28/h2-11,14-15,18,25-26,29H,12-13,16-17,19-22H2,1H3/t29-/m1/s1. The largest absolute Gasteiger partial charge is 0.331 e. The minimum atomic E-state index is 0.102. The van der Waals surface area contributed by atoms with Crippen molar-refractivity contribution in [2.75, 3.05) is 19.3 Å². The lowest BCUT2D eigenvalue weighted by molar-refractivity contribution is 0.0477. The van der Waals surface area contributed by atoms with Crippen molar-refractivity contribution in [3.8, 4) is 0 Å². The first-order valence-corrected chi connectivity index (χ1v) is 14.1. The lowest BCUT2D eigenvalue weighted by Crippen LogP contribution is -2.50. The molecule has 1 saturated heterocycles. The van der Waals surface area contributed by atoms with Crippen LogP contribution in [0, 0.1) is 5.92 Å². The number of likely N-dealkylation sites (tertiary alicyclic amines) is 1. The first-order valence-electron chi connectivity index (χ1n) is 12.8. The molecule has 5 rings (SSSR count). The van der Waals surface area contributed by atoms with E-state index < -0.39 is 0 Å². The maximum atomic E-state index is 13.7. The average molecular weight is 486 g/mol. The molecule has 0 N–H and O–H groups in total. The van der Waals surface area contributed by atoms with Crippen LogP contribution < -0.4 is 0 Å². The molecular formula is C30H35N3OS. The smallest absolute Gasteiger partial charge is 0.272 e. The summed E-state index contributed by atoms with van der Waals surface area (Å²) in [5.74, 6) is 0.601. The van der Waals surface area contributed by atoms with Gasteiger partial charge in [-0.15, -0.1) is 11.8 Å². The summed E-state index contributed by atoms with van der Waals surface area (Å²) in [4.78, 5) is 24.2. The van der Waals surface area contributed by atoms with E-state index in [1.807, 2.05) is 18.2 Å². The lowest BCUT2D eigenvalue weighted by Gasteiger charge is -2.42. The van der Waals surface area contributed by atoms with Crippen molar-refractivity contribution in [2.24, 2.45) is 5.92 Å². The van der Waals surface area contributed by atoms with Gasteiger partial charge in [-0.25, -0.2) is 0 Å². The fourth-order valence-electron chi connectivity index (χ4n) is 5.39. The molecule has 182 valence electrons. The first kappa shape index (κ1) is 24.1. The van der Waals surface area contributed by atoms with Gasteiger partial charge in [-0.3, -0.25) is 14.7 Å². The molecule has 2 fully saturated rings. The quantitative estimate of drug-likeness (QED) is 0.352. The van der Waals surface area contributed by atoms with Crippen LogP contribution in [0.25, 0.3) is 0 Å². The summed E-state index contributed by atoms with van der Waals surface area (Å²) in [7, 11) is 0. The molecule has 2 heterocycles. The lowest BCUT2D eigenvalue weighted by atomic mass is 9.84. The number of benzene rings is 2. The van der Waals surface area contributed by atoms with Gasteiger partial charge >= 0.3 is 0 Å². The van der Waals surface area contributed by atoms with Gasteiger partial charge in [-0.05, 0) is 92.8 Å². The summed E-state index contributed by atoms with van der Waals surface area (Å²) in [6.45, 7) is 3.16. The van der Waals surface area contributed by atoms with Crippen molar-refractivity contribution < 1.29 is 4.79 Å². The number of piperidine rings is 1. The molecule has 35 heavy (non-hydrogen) atoms. The molecule has 1 atom stereocenters. The van der Waals surface area contributed by atoms with Gasteiger partial charge in [0.1, 0.15) is 5.69 Å². The van der Waals surface area contributed by atoms with Crippen molar-refractivity contribution in [1.29, 1.82) is 0 Å². The average Bonchev–Trinajstić information content (AvgIpc) is 3.75. The van der Waals surface area contributed by atoms with E-state index in [1.54, 1.807) is 18.0 Å². The Balaban J connectivity index is 1.32. The van der Waals surface area contributed by atoms with Gasteiger partial charge in [0.15, 0.2) is 0 Å². The summed E-state index contributed by atoms with van der Waals surface area (Å²) in [6.07, 6.45) is 9.22. The number of hydrogen-bond donors (Lipinski definition) is 0. The summed E-state index contributed by atoms with van der Waals surface area (Å²) in [6, 6.07) is 25.9. The molecule has 3 aromatic rings. The molecule has 1 aliphatic heterocycles. The Morgan fingerprint density at radius 1 is 0.943 bits per heavy atom. The molecule has 0 unspecified atom stereocenters. The molecule has 2 aliphatic rings. The number of amides is 1. The van der Waals surface area contributed by atoms with Gasteiger partial charge in [0.25, 0.3) is 5.91 Å². The second-order valence-electron chi connectivity index (χ2n) is 9.88. The number of nitrogens with zero attached hydrogens (tertiary/aromatic N) is 3. The van der Waals surface area contributed by atoms with Crippen molar-refractivity contribution in [2.45, 2.75) is 55.6 Å². The van der Waals surface area contributed by atoms with E-state index in [9.17, 15) is 4.79 Å². The number of rotatable bonds is 9. The van der Waals surface area contributed by atoms with Gasteiger partial charge < -0.3 is 4.90 Å². The second kappa shape index (κ2) is 11.4. The second-order valence-corrected chi connectivity index (χ2v) is 10.8. The maximum Gasteiger partial charge on any atom is 0.272 e. The van der Waals surface area contributed by atoms with Crippen LogP contribution in [0.2, 0.25) is 0 Å². The highest BCUT2D eigenvalue weighted by atomic mass is 32.2. The van der Waals surface area contributed by atoms with Gasteiger partial charge in [-0.1, -0.05) is 48.5 Å². The monoisotopic (exact) mass is 485 g/mol. The molecule has 1 aliphatic carbocycles. The Hall–Kier alpha value is -2.63. The SMILES string of the molecule is CSc1ccc(CN2CCC([C@@H](Cc3ccccc3)N(C(=O)c3ccccn3)C3CC3)CC2)cc1. The number of carbonyl (C=O) groups is 1. The molecule has 1 aromatic heterocycles. The number of pyridine rings is 1.